The Balaban J connectivity index is 1.36. The van der Waals surface area contributed by atoms with Crippen LogP contribution in [0.4, 0.5) is 5.95 Å². The normalized spacial score (nSPS) is 15.3. The Morgan fingerprint density at radius 3 is 2.39 bits per heavy atom. The van der Waals surface area contributed by atoms with Crippen molar-refractivity contribution in [2.24, 2.45) is 0 Å². The molecule has 5 rings (SSSR count). The maximum atomic E-state index is 13.4. The Kier molecular flexibility index (Phi) is 6.54. The number of benzene rings is 2. The third kappa shape index (κ3) is 4.60. The Morgan fingerprint density at radius 2 is 1.75 bits per heavy atom. The van der Waals surface area contributed by atoms with E-state index in [1.54, 1.807) is 34.9 Å². The molecule has 188 valence electrons. The SMILES string of the molecule is C=CCn1c(N2CCN(C(=O)c3ccc(OC(C)C)cc3)CC2)nc2cc3c(cc2c1=O)OCCO3. The third-order valence-corrected chi connectivity index (χ3v) is 6.23. The standard InChI is InChI=1S/C27H30N4O5/c1-4-9-31-26(33)21-16-23-24(35-15-14-34-23)17-22(21)28-27(31)30-12-10-29(11-13-30)25(32)19-5-7-20(8-6-19)36-18(2)3/h4-8,16-18H,1,9-15H2,2-3H3. The minimum Gasteiger partial charge on any atom is -0.491 e. The minimum absolute atomic E-state index is 0.0236. The highest BCUT2D eigenvalue weighted by molar-refractivity contribution is 5.94. The lowest BCUT2D eigenvalue weighted by molar-refractivity contribution is 0.0746. The summed E-state index contributed by atoms with van der Waals surface area (Å²) in [6.45, 7) is 11.1. The minimum atomic E-state index is -0.158. The molecule has 0 spiro atoms. The maximum absolute atomic E-state index is 13.4. The molecule has 2 aliphatic heterocycles. The lowest BCUT2D eigenvalue weighted by atomic mass is 10.1. The topological polar surface area (TPSA) is 86.1 Å². The van der Waals surface area contributed by atoms with Gasteiger partial charge in [0.25, 0.3) is 11.5 Å². The zero-order valence-corrected chi connectivity index (χ0v) is 20.6. The monoisotopic (exact) mass is 490 g/mol. The van der Waals surface area contributed by atoms with Gasteiger partial charge in [-0.05, 0) is 44.2 Å². The zero-order valence-electron chi connectivity index (χ0n) is 20.6. The van der Waals surface area contributed by atoms with Crippen molar-refractivity contribution in [3.05, 3.63) is 65.0 Å². The van der Waals surface area contributed by atoms with Gasteiger partial charge in [-0.25, -0.2) is 4.98 Å². The van der Waals surface area contributed by atoms with Crippen molar-refractivity contribution in [2.75, 3.05) is 44.3 Å². The van der Waals surface area contributed by atoms with Gasteiger partial charge >= 0.3 is 0 Å². The second-order valence-corrected chi connectivity index (χ2v) is 9.10. The van der Waals surface area contributed by atoms with Gasteiger partial charge in [-0.1, -0.05) is 6.08 Å². The average Bonchev–Trinajstić information content (AvgIpc) is 2.89. The lowest BCUT2D eigenvalue weighted by Gasteiger charge is -2.36. The first kappa shape index (κ1) is 23.7. The van der Waals surface area contributed by atoms with Crippen molar-refractivity contribution >= 4 is 22.8 Å². The van der Waals surface area contributed by atoms with Crippen LogP contribution >= 0.6 is 0 Å². The van der Waals surface area contributed by atoms with Crippen LogP contribution in [0.2, 0.25) is 0 Å². The van der Waals surface area contributed by atoms with Gasteiger partial charge < -0.3 is 24.0 Å². The van der Waals surface area contributed by atoms with Crippen LogP contribution in [0.15, 0.2) is 53.8 Å². The summed E-state index contributed by atoms with van der Waals surface area (Å²) in [5, 5.41) is 0.476. The summed E-state index contributed by atoms with van der Waals surface area (Å²) in [7, 11) is 0. The highest BCUT2D eigenvalue weighted by Gasteiger charge is 2.26. The van der Waals surface area contributed by atoms with E-state index in [1.165, 1.54) is 0 Å². The number of anilines is 1. The van der Waals surface area contributed by atoms with E-state index in [4.69, 9.17) is 19.2 Å². The first-order chi connectivity index (χ1) is 17.4. The summed E-state index contributed by atoms with van der Waals surface area (Å²) < 4.78 is 18.6. The van der Waals surface area contributed by atoms with Gasteiger partial charge in [-0.15, -0.1) is 6.58 Å². The van der Waals surface area contributed by atoms with Gasteiger partial charge in [-0.2, -0.15) is 0 Å². The quantitative estimate of drug-likeness (QED) is 0.491. The first-order valence-electron chi connectivity index (χ1n) is 12.2. The highest BCUT2D eigenvalue weighted by Crippen LogP contribution is 2.33. The van der Waals surface area contributed by atoms with Crippen LogP contribution in [0.3, 0.4) is 0 Å². The number of aromatic nitrogens is 2. The van der Waals surface area contributed by atoms with Crippen LogP contribution in [-0.2, 0) is 6.54 Å². The summed E-state index contributed by atoms with van der Waals surface area (Å²) >= 11 is 0. The molecule has 0 aliphatic carbocycles. The number of piperazine rings is 1. The Labute approximate surface area is 209 Å². The Bertz CT molecular complexity index is 1340. The second-order valence-electron chi connectivity index (χ2n) is 9.10. The molecule has 0 bridgehead atoms. The van der Waals surface area contributed by atoms with E-state index in [2.05, 4.69) is 6.58 Å². The van der Waals surface area contributed by atoms with Crippen LogP contribution in [-0.4, -0.2) is 65.9 Å². The molecule has 2 aromatic carbocycles. The second kappa shape index (κ2) is 9.93. The average molecular weight is 491 g/mol. The van der Waals surface area contributed by atoms with Crippen molar-refractivity contribution in [1.82, 2.24) is 14.5 Å². The largest absolute Gasteiger partial charge is 0.491 e. The number of allylic oxidation sites excluding steroid dienone is 1. The molecule has 1 saturated heterocycles. The van der Waals surface area contributed by atoms with Crippen molar-refractivity contribution in [3.63, 3.8) is 0 Å². The predicted molar refractivity (Wildman–Crippen MR) is 138 cm³/mol. The lowest BCUT2D eigenvalue weighted by Crippen LogP contribution is -2.50. The fraction of sp³-hybridized carbons (Fsp3) is 0.370. The van der Waals surface area contributed by atoms with E-state index in [1.807, 2.05) is 35.8 Å². The number of nitrogens with zero attached hydrogens (tertiary/aromatic N) is 4. The molecule has 0 unspecified atom stereocenters. The molecule has 9 nitrogen and oxygen atoms in total. The fourth-order valence-corrected chi connectivity index (χ4v) is 4.52. The number of carbonyl (C=O) groups excluding carboxylic acids is 1. The van der Waals surface area contributed by atoms with Crippen molar-refractivity contribution in [2.45, 2.75) is 26.5 Å². The molecule has 3 heterocycles. The molecule has 0 atom stereocenters. The Hall–Kier alpha value is -4.01. The van der Waals surface area contributed by atoms with E-state index < -0.39 is 0 Å². The smallest absolute Gasteiger partial charge is 0.263 e. The molecule has 1 fully saturated rings. The molecule has 36 heavy (non-hydrogen) atoms. The van der Waals surface area contributed by atoms with Gasteiger partial charge in [0, 0.05) is 44.4 Å². The summed E-state index contributed by atoms with van der Waals surface area (Å²) in [5.74, 6) is 2.43. The van der Waals surface area contributed by atoms with E-state index in [9.17, 15) is 9.59 Å². The van der Waals surface area contributed by atoms with Crippen LogP contribution in [0.5, 0.6) is 17.2 Å². The van der Waals surface area contributed by atoms with Crippen molar-refractivity contribution in [1.29, 1.82) is 0 Å². The van der Waals surface area contributed by atoms with Gasteiger partial charge in [0.1, 0.15) is 19.0 Å². The van der Waals surface area contributed by atoms with E-state index in [0.29, 0.717) is 79.9 Å². The molecule has 1 aromatic heterocycles. The highest BCUT2D eigenvalue weighted by atomic mass is 16.6. The van der Waals surface area contributed by atoms with Crippen LogP contribution in [0, 0.1) is 0 Å². The van der Waals surface area contributed by atoms with Crippen molar-refractivity contribution in [3.8, 4) is 17.2 Å². The van der Waals surface area contributed by atoms with Gasteiger partial charge in [0.2, 0.25) is 5.95 Å². The van der Waals surface area contributed by atoms with E-state index >= 15 is 0 Å². The van der Waals surface area contributed by atoms with Gasteiger partial charge in [0.15, 0.2) is 11.5 Å². The van der Waals surface area contributed by atoms with E-state index in [0.717, 1.165) is 5.75 Å². The molecular weight excluding hydrogens is 460 g/mol. The number of ether oxygens (including phenoxy) is 3. The summed E-state index contributed by atoms with van der Waals surface area (Å²) in [4.78, 5) is 35.2. The van der Waals surface area contributed by atoms with Crippen LogP contribution in [0.25, 0.3) is 10.9 Å². The number of amides is 1. The van der Waals surface area contributed by atoms with Crippen molar-refractivity contribution < 1.29 is 19.0 Å². The number of carbonyl (C=O) groups is 1. The molecular formula is C27H30N4O5. The number of rotatable bonds is 6. The fourth-order valence-electron chi connectivity index (χ4n) is 4.52. The third-order valence-electron chi connectivity index (χ3n) is 6.23. The van der Waals surface area contributed by atoms with Gasteiger partial charge in [-0.3, -0.25) is 14.2 Å². The molecule has 0 N–H and O–H groups in total. The number of hydrogen-bond acceptors (Lipinski definition) is 7. The predicted octanol–water partition coefficient (Wildman–Crippen LogP) is 3.10. The molecule has 2 aliphatic rings. The number of hydrogen-bond donors (Lipinski definition) is 0. The van der Waals surface area contributed by atoms with Gasteiger partial charge in [0.05, 0.1) is 17.0 Å². The maximum Gasteiger partial charge on any atom is 0.263 e. The summed E-state index contributed by atoms with van der Waals surface area (Å²) in [5.41, 5.74) is 1.02. The van der Waals surface area contributed by atoms with Crippen LogP contribution < -0.4 is 24.7 Å². The van der Waals surface area contributed by atoms with E-state index in [-0.39, 0.29) is 17.6 Å². The zero-order chi connectivity index (χ0) is 25.2. The van der Waals surface area contributed by atoms with Crippen LogP contribution in [0.1, 0.15) is 24.2 Å². The first-order valence-corrected chi connectivity index (χ1v) is 12.2. The molecule has 3 aromatic rings. The summed E-state index contributed by atoms with van der Waals surface area (Å²) in [6, 6.07) is 10.7. The molecule has 0 saturated carbocycles. The number of fused-ring (bicyclic) bond motifs is 2. The molecule has 9 heteroatoms. The summed E-state index contributed by atoms with van der Waals surface area (Å²) in [6.07, 6.45) is 1.76. The molecule has 0 radical (unpaired) electrons. The molecule has 1 amide bonds. The Morgan fingerprint density at radius 1 is 1.08 bits per heavy atom.